The summed E-state index contributed by atoms with van der Waals surface area (Å²) in [7, 11) is 0. The van der Waals surface area contributed by atoms with Crippen LogP contribution in [-0.4, -0.2) is 0 Å². The zero-order valence-corrected chi connectivity index (χ0v) is 72.3. The number of rotatable bonds is 7. The Kier molecular flexibility index (Phi) is 36.3. The summed E-state index contributed by atoms with van der Waals surface area (Å²) in [5, 5.41) is 1.30. The summed E-state index contributed by atoms with van der Waals surface area (Å²) in [6, 6.07) is 25.7. The van der Waals surface area contributed by atoms with Gasteiger partial charge in [-0.25, -0.2) is 43.9 Å². The second kappa shape index (κ2) is 44.0. The standard InChI is InChI=1S/4C14H18ClF.3C14H18F2.7H2/c2*1-9-3-6-11(7-4-9)12-8-5-10(2)14(16)13(12)15;5*1-9-3-6-11(7-4-9)12-8-5-10(2)13(15)14(12)16;;;;;;;/h7*5,8-9,11H,3-4,6-7H2,1-2H3;7*1H. The normalized spacial score (nSPS) is 25.8. The fraction of sp³-hybridized carbons (Fsp3) is 0.571. The number of aryl methyl sites for hydroxylation is 7. The van der Waals surface area contributed by atoms with E-state index < -0.39 is 34.9 Å². The van der Waals surface area contributed by atoms with Gasteiger partial charge in [-0.1, -0.05) is 270 Å². The van der Waals surface area contributed by atoms with Crippen LogP contribution in [0.1, 0.15) is 358 Å². The first-order chi connectivity index (χ1) is 53.1. The molecule has 0 N–H and O–H groups in total. The molecule has 0 aromatic heterocycles. The van der Waals surface area contributed by atoms with Crippen molar-refractivity contribution in [2.24, 2.45) is 41.4 Å². The van der Waals surface area contributed by atoms with Crippen molar-refractivity contribution in [3.8, 4) is 0 Å². The minimum Gasteiger partial charge on any atom is -0.205 e. The molecule has 630 valence electrons. The van der Waals surface area contributed by atoms with Crippen LogP contribution in [-0.2, 0) is 0 Å². The van der Waals surface area contributed by atoms with Crippen LogP contribution >= 0.6 is 46.4 Å². The van der Waals surface area contributed by atoms with E-state index in [4.69, 9.17) is 46.4 Å². The summed E-state index contributed by atoms with van der Waals surface area (Å²) in [6.45, 7) is 27.8. The van der Waals surface area contributed by atoms with Crippen LogP contribution in [0.3, 0.4) is 0 Å². The Morgan fingerprint density at radius 1 is 0.179 bits per heavy atom. The van der Waals surface area contributed by atoms with E-state index in [1.54, 1.807) is 71.0 Å². The van der Waals surface area contributed by atoms with Gasteiger partial charge in [0.15, 0.2) is 34.9 Å². The number of hydrogen-bond donors (Lipinski definition) is 0. The Labute approximate surface area is 696 Å². The lowest BCUT2D eigenvalue weighted by Crippen LogP contribution is -2.13. The van der Waals surface area contributed by atoms with Gasteiger partial charge in [0.25, 0.3) is 0 Å². The maximum Gasteiger partial charge on any atom is 0.162 e. The molecule has 0 aliphatic heterocycles. The number of benzene rings is 7. The van der Waals surface area contributed by atoms with Crippen LogP contribution in [0.25, 0.3) is 0 Å². The van der Waals surface area contributed by atoms with Gasteiger partial charge in [-0.3, -0.25) is 0 Å². The van der Waals surface area contributed by atoms with Crippen molar-refractivity contribution < 1.29 is 53.9 Å². The van der Waals surface area contributed by atoms with E-state index in [0.29, 0.717) is 88.3 Å². The molecule has 0 amide bonds. The molecule has 14 heteroatoms. The largest absolute Gasteiger partial charge is 0.205 e. The van der Waals surface area contributed by atoms with Gasteiger partial charge in [0.05, 0.1) is 20.1 Å². The molecule has 7 aliphatic carbocycles. The molecule has 7 aliphatic rings. The molecular weight excluding hydrogens is 1510 g/mol. The highest BCUT2D eigenvalue weighted by molar-refractivity contribution is 6.32. The second-order valence-corrected chi connectivity index (χ2v) is 36.9. The zero-order valence-electron chi connectivity index (χ0n) is 69.3. The third kappa shape index (κ3) is 25.3. The summed E-state index contributed by atoms with van der Waals surface area (Å²) < 4.78 is 137. The first-order valence-electron chi connectivity index (χ1n) is 42.3. The Balaban J connectivity index is 0.000000687. The van der Waals surface area contributed by atoms with Crippen molar-refractivity contribution in [2.45, 2.75) is 318 Å². The van der Waals surface area contributed by atoms with E-state index in [-0.39, 0.29) is 51.0 Å². The Morgan fingerprint density at radius 3 is 0.509 bits per heavy atom. The highest BCUT2D eigenvalue weighted by Crippen LogP contribution is 2.46. The van der Waals surface area contributed by atoms with E-state index in [2.05, 4.69) is 48.5 Å². The van der Waals surface area contributed by atoms with Crippen LogP contribution in [0.15, 0.2) is 84.9 Å². The van der Waals surface area contributed by atoms with Crippen LogP contribution in [0.2, 0.25) is 20.1 Å². The van der Waals surface area contributed by atoms with Crippen LogP contribution < -0.4 is 0 Å². The second-order valence-electron chi connectivity index (χ2n) is 35.4. The molecule has 7 aromatic carbocycles. The van der Waals surface area contributed by atoms with E-state index in [9.17, 15) is 43.9 Å². The number of halogens is 14. The van der Waals surface area contributed by atoms with Gasteiger partial charge in [-0.05, 0) is 299 Å². The van der Waals surface area contributed by atoms with Gasteiger partial charge < -0.3 is 0 Å². The van der Waals surface area contributed by atoms with Gasteiger partial charge in [0.1, 0.15) is 23.3 Å². The highest BCUT2D eigenvalue weighted by Gasteiger charge is 2.31. The summed E-state index contributed by atoms with van der Waals surface area (Å²) >= 11 is 24.1. The first kappa shape index (κ1) is 92.5. The number of hydrogen-bond acceptors (Lipinski definition) is 0. The lowest BCUT2D eigenvalue weighted by molar-refractivity contribution is 0.339. The molecule has 7 aromatic rings. The Bertz CT molecular complexity index is 3430. The van der Waals surface area contributed by atoms with Crippen LogP contribution in [0, 0.1) is 148 Å². The molecule has 0 saturated heterocycles. The molecule has 0 radical (unpaired) electrons. The molecule has 0 unspecified atom stereocenters. The SMILES string of the molecule is Cc1ccc(C2CCC(C)CC2)c(Cl)c1F.Cc1ccc(C2CCC(C)CC2)c(Cl)c1F.Cc1ccc(C2CCC(C)CC2)c(F)c1Cl.Cc1ccc(C2CCC(C)CC2)c(F)c1Cl.Cc1ccc(C2CCC(C)CC2)c(F)c1F.Cc1ccc(C2CCC(C)CC2)c(F)c1F.Cc1ccc(C2CCC(C)CC2)c(F)c1F.[HH].[HH].[HH].[HH].[HH].[HH].[HH]. The highest BCUT2D eigenvalue weighted by atomic mass is 35.5. The third-order valence-corrected chi connectivity index (χ3v) is 28.0. The van der Waals surface area contributed by atoms with Crippen molar-refractivity contribution in [3.05, 3.63) is 241 Å². The summed E-state index contributed by atoms with van der Waals surface area (Å²) in [5.41, 5.74) is 9.51. The molecule has 0 spiro atoms. The van der Waals surface area contributed by atoms with E-state index in [0.717, 1.165) is 203 Å². The lowest BCUT2D eigenvalue weighted by Gasteiger charge is -2.27. The van der Waals surface area contributed by atoms with Gasteiger partial charge in [-0.2, -0.15) is 0 Å². The van der Waals surface area contributed by atoms with Crippen molar-refractivity contribution in [1.82, 2.24) is 0 Å². The average Bonchev–Trinajstić information content (AvgIpc) is 0.858. The summed E-state index contributed by atoms with van der Waals surface area (Å²) in [5.74, 6) is 2.94. The minimum atomic E-state index is -0.670. The molecule has 0 atom stereocenters. The van der Waals surface area contributed by atoms with Crippen molar-refractivity contribution in [1.29, 1.82) is 0 Å². The maximum absolute atomic E-state index is 14.0. The smallest absolute Gasteiger partial charge is 0.162 e. The van der Waals surface area contributed by atoms with Crippen molar-refractivity contribution in [2.75, 3.05) is 0 Å². The van der Waals surface area contributed by atoms with E-state index in [1.807, 2.05) is 62.4 Å². The van der Waals surface area contributed by atoms with E-state index in [1.165, 1.54) is 51.4 Å². The minimum absolute atomic E-state index is 0. The van der Waals surface area contributed by atoms with E-state index >= 15 is 0 Å². The van der Waals surface area contributed by atoms with Gasteiger partial charge in [0.2, 0.25) is 0 Å². The first-order valence-corrected chi connectivity index (χ1v) is 43.8. The quantitative estimate of drug-likeness (QED) is 0.140. The topological polar surface area (TPSA) is 0 Å². The zero-order chi connectivity index (χ0) is 81.9. The predicted octanol–water partition coefficient (Wildman–Crippen LogP) is 35.7. The van der Waals surface area contributed by atoms with Crippen LogP contribution in [0.5, 0.6) is 0 Å². The summed E-state index contributed by atoms with van der Waals surface area (Å²) in [6.07, 6.45) is 31.4. The van der Waals surface area contributed by atoms with Gasteiger partial charge >= 0.3 is 0 Å². The van der Waals surface area contributed by atoms with Gasteiger partial charge in [0, 0.05) is 9.99 Å². The Hall–Kier alpha value is -5.00. The lowest BCUT2D eigenvalue weighted by atomic mass is 9.79. The molecule has 112 heavy (non-hydrogen) atoms. The van der Waals surface area contributed by atoms with Gasteiger partial charge in [-0.15, -0.1) is 0 Å². The fourth-order valence-electron chi connectivity index (χ4n) is 17.8. The van der Waals surface area contributed by atoms with Crippen LogP contribution in [0.4, 0.5) is 43.9 Å². The molecule has 7 saturated carbocycles. The predicted molar refractivity (Wildman–Crippen MR) is 465 cm³/mol. The third-order valence-electron chi connectivity index (χ3n) is 26.3. The summed E-state index contributed by atoms with van der Waals surface area (Å²) in [4.78, 5) is 0. The fourth-order valence-corrected chi connectivity index (χ4v) is 18.9. The average molecular weight is 1650 g/mol. The maximum atomic E-state index is 14.0. The molecule has 14 rings (SSSR count). The monoisotopic (exact) mass is 1650 g/mol. The molecule has 7 fully saturated rings. The van der Waals surface area contributed by atoms with Crippen molar-refractivity contribution >= 4 is 46.4 Å². The molecule has 0 bridgehead atoms. The molecule has 0 nitrogen and oxygen atoms in total. The Morgan fingerprint density at radius 2 is 0.321 bits per heavy atom. The molecular formula is C98H140Cl4F10. The van der Waals surface area contributed by atoms with Crippen molar-refractivity contribution in [3.63, 3.8) is 0 Å². The molecule has 0 heterocycles.